The van der Waals surface area contributed by atoms with Crippen LogP contribution in [0, 0.1) is 25.7 Å². The Morgan fingerprint density at radius 3 is 2.73 bits per heavy atom. The third kappa shape index (κ3) is 5.24. The highest BCUT2D eigenvalue weighted by Crippen LogP contribution is 2.22. The standard InChI is InChI=1S/C30H27N5O2/c1-20-12-22(14-27(13-20)37-4)15-29(36)24-8-7-21(2)23(16-24)9-10-26-18-31-30-28(6-5-11-35(26)30)33-25-17-32-34(3)19-25/h5-8,11-14,16-19,33H,15H2,1-4H3. The number of Topliss-reactive ketones (excluding diaryl/α,β-unsaturated/α-hetero) is 1. The first-order chi connectivity index (χ1) is 17.9. The van der Waals surface area contributed by atoms with Crippen molar-refractivity contribution in [1.29, 1.82) is 0 Å². The van der Waals surface area contributed by atoms with Crippen molar-refractivity contribution >= 4 is 22.8 Å². The molecule has 0 radical (unpaired) electrons. The molecule has 0 aliphatic rings. The Labute approximate surface area is 215 Å². The quantitative estimate of drug-likeness (QED) is 0.260. The number of ketones is 1. The summed E-state index contributed by atoms with van der Waals surface area (Å²) in [5.74, 6) is 7.28. The predicted octanol–water partition coefficient (Wildman–Crippen LogP) is 5.26. The number of hydrogen-bond acceptors (Lipinski definition) is 5. The number of anilines is 2. The molecule has 0 bridgehead atoms. The first-order valence-electron chi connectivity index (χ1n) is 11.9. The Morgan fingerprint density at radius 2 is 1.95 bits per heavy atom. The van der Waals surface area contributed by atoms with Crippen molar-refractivity contribution in [2.75, 3.05) is 12.4 Å². The summed E-state index contributed by atoms with van der Waals surface area (Å²) in [5.41, 5.74) is 7.71. The van der Waals surface area contributed by atoms with Crippen molar-refractivity contribution in [1.82, 2.24) is 19.2 Å². The lowest BCUT2D eigenvalue weighted by Crippen LogP contribution is -2.05. The van der Waals surface area contributed by atoms with Crippen LogP contribution in [0.15, 0.2) is 73.3 Å². The lowest BCUT2D eigenvalue weighted by molar-refractivity contribution is 0.0993. The number of rotatable bonds is 6. The van der Waals surface area contributed by atoms with Gasteiger partial charge in [0, 0.05) is 37.0 Å². The zero-order valence-corrected chi connectivity index (χ0v) is 21.2. The monoisotopic (exact) mass is 489 g/mol. The molecule has 0 amide bonds. The highest BCUT2D eigenvalue weighted by Gasteiger charge is 2.11. The predicted molar refractivity (Wildman–Crippen MR) is 145 cm³/mol. The van der Waals surface area contributed by atoms with Crippen LogP contribution in [0.1, 0.15) is 38.3 Å². The maximum absolute atomic E-state index is 13.1. The summed E-state index contributed by atoms with van der Waals surface area (Å²) in [6, 6.07) is 15.5. The number of aryl methyl sites for hydroxylation is 3. The van der Waals surface area contributed by atoms with E-state index in [0.717, 1.165) is 50.7 Å². The minimum atomic E-state index is 0.0385. The van der Waals surface area contributed by atoms with Gasteiger partial charge in [-0.3, -0.25) is 13.9 Å². The van der Waals surface area contributed by atoms with Crippen LogP contribution in [0.25, 0.3) is 5.65 Å². The maximum atomic E-state index is 13.1. The number of nitrogens with zero attached hydrogens (tertiary/aromatic N) is 4. The molecule has 0 saturated heterocycles. The van der Waals surface area contributed by atoms with Gasteiger partial charge in [0.2, 0.25) is 0 Å². The number of fused-ring (bicyclic) bond motifs is 1. The molecular formula is C30H27N5O2. The van der Waals surface area contributed by atoms with E-state index in [9.17, 15) is 4.79 Å². The van der Waals surface area contributed by atoms with Gasteiger partial charge in [-0.15, -0.1) is 0 Å². The number of carbonyl (C=O) groups excluding carboxylic acids is 1. The van der Waals surface area contributed by atoms with E-state index < -0.39 is 0 Å². The lowest BCUT2D eigenvalue weighted by atomic mass is 9.98. The van der Waals surface area contributed by atoms with E-state index in [4.69, 9.17) is 4.74 Å². The number of nitrogens with one attached hydrogen (secondary N) is 1. The fourth-order valence-electron chi connectivity index (χ4n) is 4.24. The zero-order chi connectivity index (χ0) is 25.9. The van der Waals surface area contributed by atoms with Gasteiger partial charge < -0.3 is 10.1 Å². The summed E-state index contributed by atoms with van der Waals surface area (Å²) >= 11 is 0. The van der Waals surface area contributed by atoms with Gasteiger partial charge in [0.1, 0.15) is 11.4 Å². The maximum Gasteiger partial charge on any atom is 0.167 e. The molecule has 1 N–H and O–H groups in total. The Hall–Kier alpha value is -4.83. The van der Waals surface area contributed by atoms with Gasteiger partial charge in [-0.25, -0.2) is 4.98 Å². The van der Waals surface area contributed by atoms with Crippen LogP contribution in [0.4, 0.5) is 11.4 Å². The van der Waals surface area contributed by atoms with Crippen molar-refractivity contribution in [3.63, 3.8) is 0 Å². The molecule has 184 valence electrons. The molecule has 0 fully saturated rings. The van der Waals surface area contributed by atoms with Gasteiger partial charge in [0.05, 0.1) is 30.9 Å². The molecule has 7 nitrogen and oxygen atoms in total. The number of pyridine rings is 1. The van der Waals surface area contributed by atoms with E-state index in [1.54, 1.807) is 24.2 Å². The molecule has 3 aromatic heterocycles. The first-order valence-corrected chi connectivity index (χ1v) is 11.9. The average Bonchev–Trinajstić information content (AvgIpc) is 3.49. The number of benzene rings is 2. The number of ether oxygens (including phenoxy) is 1. The third-order valence-corrected chi connectivity index (χ3v) is 6.12. The van der Waals surface area contributed by atoms with E-state index in [0.29, 0.717) is 12.0 Å². The number of hydrogen-bond donors (Lipinski definition) is 1. The molecule has 0 saturated carbocycles. The van der Waals surface area contributed by atoms with E-state index in [1.807, 2.05) is 86.2 Å². The van der Waals surface area contributed by atoms with Crippen molar-refractivity contribution < 1.29 is 9.53 Å². The second-order valence-corrected chi connectivity index (χ2v) is 9.02. The van der Waals surface area contributed by atoms with Gasteiger partial charge in [-0.05, 0) is 66.8 Å². The summed E-state index contributed by atoms with van der Waals surface area (Å²) < 4.78 is 9.03. The Bertz CT molecular complexity index is 1680. The lowest BCUT2D eigenvalue weighted by Gasteiger charge is -2.08. The van der Waals surface area contributed by atoms with Crippen molar-refractivity contribution in [3.8, 4) is 17.6 Å². The van der Waals surface area contributed by atoms with Gasteiger partial charge in [-0.2, -0.15) is 5.10 Å². The number of methoxy groups -OCH3 is 1. The summed E-state index contributed by atoms with van der Waals surface area (Å²) in [6.45, 7) is 3.99. The van der Waals surface area contributed by atoms with Crippen LogP contribution in [0.5, 0.6) is 5.75 Å². The molecule has 0 aliphatic carbocycles. The highest BCUT2D eigenvalue weighted by molar-refractivity contribution is 5.98. The molecule has 0 atom stereocenters. The Morgan fingerprint density at radius 1 is 1.08 bits per heavy atom. The molecule has 7 heteroatoms. The van der Waals surface area contributed by atoms with Gasteiger partial charge in [0.25, 0.3) is 0 Å². The fraction of sp³-hybridized carbons (Fsp3) is 0.167. The summed E-state index contributed by atoms with van der Waals surface area (Å²) in [7, 11) is 3.51. The minimum Gasteiger partial charge on any atom is -0.497 e. The van der Waals surface area contributed by atoms with Gasteiger partial charge in [0.15, 0.2) is 11.4 Å². The largest absolute Gasteiger partial charge is 0.497 e. The Kier molecular flexibility index (Phi) is 6.48. The van der Waals surface area contributed by atoms with E-state index in [-0.39, 0.29) is 5.78 Å². The van der Waals surface area contributed by atoms with Crippen molar-refractivity contribution in [2.45, 2.75) is 20.3 Å². The van der Waals surface area contributed by atoms with E-state index in [1.165, 1.54) is 0 Å². The number of aromatic nitrogens is 4. The van der Waals surface area contributed by atoms with Crippen molar-refractivity contribution in [2.24, 2.45) is 7.05 Å². The number of imidazole rings is 1. The van der Waals surface area contributed by atoms with E-state index in [2.05, 4.69) is 27.2 Å². The van der Waals surface area contributed by atoms with Crippen LogP contribution in [-0.4, -0.2) is 32.1 Å². The van der Waals surface area contributed by atoms with Crippen LogP contribution in [0.2, 0.25) is 0 Å². The summed E-state index contributed by atoms with van der Waals surface area (Å²) in [4.78, 5) is 17.6. The smallest absolute Gasteiger partial charge is 0.167 e. The minimum absolute atomic E-state index is 0.0385. The first kappa shape index (κ1) is 23.9. The highest BCUT2D eigenvalue weighted by atomic mass is 16.5. The molecule has 0 spiro atoms. The molecule has 3 heterocycles. The van der Waals surface area contributed by atoms with Crippen LogP contribution >= 0.6 is 0 Å². The molecule has 5 rings (SSSR count). The van der Waals surface area contributed by atoms with E-state index >= 15 is 0 Å². The second-order valence-electron chi connectivity index (χ2n) is 9.02. The third-order valence-electron chi connectivity index (χ3n) is 6.12. The van der Waals surface area contributed by atoms with Crippen LogP contribution in [0.3, 0.4) is 0 Å². The second kappa shape index (κ2) is 10.0. The Balaban J connectivity index is 1.40. The zero-order valence-electron chi connectivity index (χ0n) is 21.2. The fourth-order valence-corrected chi connectivity index (χ4v) is 4.24. The van der Waals surface area contributed by atoms with Gasteiger partial charge in [-0.1, -0.05) is 24.1 Å². The number of carbonyl (C=O) groups is 1. The summed E-state index contributed by atoms with van der Waals surface area (Å²) in [5, 5.41) is 7.55. The molecule has 2 aromatic carbocycles. The average molecular weight is 490 g/mol. The van der Waals surface area contributed by atoms with Crippen LogP contribution in [-0.2, 0) is 13.5 Å². The van der Waals surface area contributed by atoms with Crippen LogP contribution < -0.4 is 10.1 Å². The molecular weight excluding hydrogens is 462 g/mol. The molecule has 5 aromatic rings. The van der Waals surface area contributed by atoms with Crippen molar-refractivity contribution in [3.05, 3.63) is 107 Å². The molecule has 0 unspecified atom stereocenters. The molecule has 0 aliphatic heterocycles. The SMILES string of the molecule is COc1cc(C)cc(CC(=O)c2ccc(C)c(C#Cc3cnc4c(Nc5cnn(C)c5)cccn34)c2)c1. The molecule has 37 heavy (non-hydrogen) atoms. The van der Waals surface area contributed by atoms with Gasteiger partial charge >= 0.3 is 0 Å². The summed E-state index contributed by atoms with van der Waals surface area (Å²) in [6.07, 6.45) is 7.66. The normalized spacial score (nSPS) is 10.7. The topological polar surface area (TPSA) is 73.4 Å².